The molecule has 3 nitrogen and oxygen atoms in total. The van der Waals surface area contributed by atoms with Crippen LogP contribution in [0.3, 0.4) is 0 Å². The summed E-state index contributed by atoms with van der Waals surface area (Å²) in [6, 6.07) is 7.99. The Morgan fingerprint density at radius 1 is 1.26 bits per heavy atom. The molecule has 0 saturated heterocycles. The predicted octanol–water partition coefficient (Wildman–Crippen LogP) is 4.63. The number of halogens is 3. The lowest BCUT2D eigenvalue weighted by molar-refractivity contribution is 0.115. The molecule has 2 rings (SSSR count). The summed E-state index contributed by atoms with van der Waals surface area (Å²) in [5.41, 5.74) is 3.06. The Hall–Kier alpha value is -1.36. The minimum atomic E-state index is -0.533. The van der Waals surface area contributed by atoms with E-state index in [1.54, 1.807) is 25.3 Å². The van der Waals surface area contributed by atoms with Gasteiger partial charge < -0.3 is 0 Å². The lowest BCUT2D eigenvalue weighted by atomic mass is 10.1. The van der Waals surface area contributed by atoms with E-state index in [0.29, 0.717) is 16.4 Å². The Balaban J connectivity index is 2.12. The van der Waals surface area contributed by atoms with Gasteiger partial charge in [-0.25, -0.2) is 14.9 Å². The number of nitrogens with one attached hydrogen (secondary N) is 1. The van der Waals surface area contributed by atoms with Gasteiger partial charge in [-0.05, 0) is 31.2 Å². The smallest absolute Gasteiger partial charge is 0.149 e. The van der Waals surface area contributed by atoms with Crippen molar-refractivity contribution < 1.29 is 9.23 Å². The first-order chi connectivity index (χ1) is 9.09. The predicted molar refractivity (Wildman–Crippen MR) is 73.8 cm³/mol. The molecule has 0 saturated carbocycles. The topological polar surface area (TPSA) is 34.1 Å². The first-order valence-electron chi connectivity index (χ1n) is 5.55. The van der Waals surface area contributed by atoms with Crippen LogP contribution in [0.4, 0.5) is 10.2 Å². The number of pyridine rings is 1. The standard InChI is InChI=1S/C13H11Cl2FN2O/c1-8(19-18-11-4-2-3-7-17-11)12-9(14)5-6-10(16)13(12)15/h2-8H,1H3,(H,17,18)/t8-/m1/s1. The molecule has 1 aromatic carbocycles. The van der Waals surface area contributed by atoms with Crippen LogP contribution in [-0.2, 0) is 4.84 Å². The van der Waals surface area contributed by atoms with E-state index in [4.69, 9.17) is 28.0 Å². The first kappa shape index (κ1) is 14.1. The van der Waals surface area contributed by atoms with Crippen molar-refractivity contribution in [1.29, 1.82) is 0 Å². The van der Waals surface area contributed by atoms with Crippen molar-refractivity contribution in [2.45, 2.75) is 13.0 Å². The maximum atomic E-state index is 13.4. The lowest BCUT2D eigenvalue weighted by Gasteiger charge is -2.16. The molecule has 0 unspecified atom stereocenters. The Morgan fingerprint density at radius 2 is 2.05 bits per heavy atom. The molecule has 0 amide bonds. The van der Waals surface area contributed by atoms with E-state index in [-0.39, 0.29) is 5.02 Å². The molecule has 1 N–H and O–H groups in total. The van der Waals surface area contributed by atoms with Gasteiger partial charge in [-0.3, -0.25) is 4.84 Å². The Morgan fingerprint density at radius 3 is 2.74 bits per heavy atom. The molecule has 2 aromatic rings. The number of rotatable bonds is 4. The van der Waals surface area contributed by atoms with Gasteiger partial charge >= 0.3 is 0 Å². The summed E-state index contributed by atoms with van der Waals surface area (Å²) in [7, 11) is 0. The molecule has 6 heteroatoms. The van der Waals surface area contributed by atoms with Crippen molar-refractivity contribution in [3.8, 4) is 0 Å². The Bertz CT molecular complexity index is 566. The average Bonchev–Trinajstić information content (AvgIpc) is 2.42. The second-order valence-electron chi connectivity index (χ2n) is 3.83. The fraction of sp³-hybridized carbons (Fsp3) is 0.154. The Kier molecular flexibility index (Phi) is 4.58. The van der Waals surface area contributed by atoms with Crippen LogP contribution in [0.2, 0.25) is 10.0 Å². The van der Waals surface area contributed by atoms with Gasteiger partial charge in [-0.1, -0.05) is 29.3 Å². The molecule has 1 aromatic heterocycles. The van der Waals surface area contributed by atoms with Crippen LogP contribution in [0, 0.1) is 5.82 Å². The maximum Gasteiger partial charge on any atom is 0.149 e. The van der Waals surface area contributed by atoms with Gasteiger partial charge in [0.15, 0.2) is 0 Å². The van der Waals surface area contributed by atoms with Gasteiger partial charge in [0, 0.05) is 16.8 Å². The molecule has 0 spiro atoms. The van der Waals surface area contributed by atoms with E-state index in [1.165, 1.54) is 12.1 Å². The molecular formula is C13H11Cl2FN2O. The summed E-state index contributed by atoms with van der Waals surface area (Å²) >= 11 is 11.9. The number of nitrogens with zero attached hydrogens (tertiary/aromatic N) is 1. The quantitative estimate of drug-likeness (QED) is 0.660. The summed E-state index contributed by atoms with van der Waals surface area (Å²) < 4.78 is 13.4. The van der Waals surface area contributed by atoms with Gasteiger partial charge in [-0.15, -0.1) is 0 Å². The zero-order valence-corrected chi connectivity index (χ0v) is 11.5. The third-order valence-corrected chi connectivity index (χ3v) is 3.20. The first-order valence-corrected chi connectivity index (χ1v) is 6.31. The van der Waals surface area contributed by atoms with Crippen molar-refractivity contribution in [2.75, 3.05) is 5.48 Å². The number of hydrogen-bond acceptors (Lipinski definition) is 3. The molecule has 0 fully saturated rings. The highest BCUT2D eigenvalue weighted by Crippen LogP contribution is 2.33. The SMILES string of the molecule is C[C@@H](ONc1ccccn1)c1c(Cl)ccc(F)c1Cl. The largest absolute Gasteiger partial charge is 0.267 e. The van der Waals surface area contributed by atoms with E-state index in [1.807, 2.05) is 6.07 Å². The number of benzene rings is 1. The summed E-state index contributed by atoms with van der Waals surface area (Å²) in [5.74, 6) is 0.00681. The van der Waals surface area contributed by atoms with E-state index < -0.39 is 11.9 Å². The second-order valence-corrected chi connectivity index (χ2v) is 4.62. The highest BCUT2D eigenvalue weighted by atomic mass is 35.5. The van der Waals surface area contributed by atoms with Gasteiger partial charge in [0.05, 0.1) is 5.02 Å². The zero-order valence-electron chi connectivity index (χ0n) is 10.0. The van der Waals surface area contributed by atoms with E-state index in [0.717, 1.165) is 0 Å². The Labute approximate surface area is 120 Å². The van der Waals surface area contributed by atoms with Gasteiger partial charge in [0.1, 0.15) is 17.7 Å². The van der Waals surface area contributed by atoms with Crippen molar-refractivity contribution in [3.05, 3.63) is 58.0 Å². The van der Waals surface area contributed by atoms with Crippen LogP contribution in [-0.4, -0.2) is 4.98 Å². The molecule has 0 aliphatic carbocycles. The number of aromatic nitrogens is 1. The van der Waals surface area contributed by atoms with Crippen LogP contribution < -0.4 is 5.48 Å². The summed E-state index contributed by atoms with van der Waals surface area (Å²) in [5, 5.41) is 0.310. The average molecular weight is 301 g/mol. The highest BCUT2D eigenvalue weighted by Gasteiger charge is 2.18. The zero-order chi connectivity index (χ0) is 13.8. The second kappa shape index (κ2) is 6.19. The minimum Gasteiger partial charge on any atom is -0.267 e. The minimum absolute atomic E-state index is 0.0391. The highest BCUT2D eigenvalue weighted by molar-refractivity contribution is 6.36. The molecule has 100 valence electrons. The van der Waals surface area contributed by atoms with Crippen molar-refractivity contribution in [2.24, 2.45) is 0 Å². The van der Waals surface area contributed by atoms with Crippen LogP contribution in [0.25, 0.3) is 0 Å². The summed E-state index contributed by atoms with van der Waals surface area (Å²) in [4.78, 5) is 9.41. The normalized spacial score (nSPS) is 12.2. The van der Waals surface area contributed by atoms with Crippen LogP contribution in [0.5, 0.6) is 0 Å². The third kappa shape index (κ3) is 3.35. The number of hydrogen-bond donors (Lipinski definition) is 1. The van der Waals surface area contributed by atoms with Crippen LogP contribution in [0.1, 0.15) is 18.6 Å². The number of anilines is 1. The van der Waals surface area contributed by atoms with Crippen LogP contribution in [0.15, 0.2) is 36.5 Å². The molecule has 0 radical (unpaired) electrons. The van der Waals surface area contributed by atoms with Crippen molar-refractivity contribution in [3.63, 3.8) is 0 Å². The molecule has 0 aliphatic heterocycles. The van der Waals surface area contributed by atoms with E-state index >= 15 is 0 Å². The van der Waals surface area contributed by atoms with Crippen LogP contribution >= 0.6 is 23.2 Å². The maximum absolute atomic E-state index is 13.4. The fourth-order valence-electron chi connectivity index (χ4n) is 1.55. The van der Waals surface area contributed by atoms with Crippen molar-refractivity contribution in [1.82, 2.24) is 4.98 Å². The van der Waals surface area contributed by atoms with Crippen molar-refractivity contribution >= 4 is 29.0 Å². The lowest BCUT2D eigenvalue weighted by Crippen LogP contribution is -2.09. The fourth-order valence-corrected chi connectivity index (χ4v) is 2.22. The summed E-state index contributed by atoms with van der Waals surface area (Å²) in [6.45, 7) is 1.71. The molecule has 0 aliphatic rings. The molecule has 1 atom stereocenters. The van der Waals surface area contributed by atoms with Gasteiger partial charge in [0.2, 0.25) is 0 Å². The monoisotopic (exact) mass is 300 g/mol. The molecule has 0 bridgehead atoms. The third-order valence-electron chi connectivity index (χ3n) is 2.49. The van der Waals surface area contributed by atoms with E-state index in [2.05, 4.69) is 10.5 Å². The molecular weight excluding hydrogens is 290 g/mol. The molecule has 1 heterocycles. The van der Waals surface area contributed by atoms with Gasteiger partial charge in [0.25, 0.3) is 0 Å². The van der Waals surface area contributed by atoms with E-state index in [9.17, 15) is 4.39 Å². The summed E-state index contributed by atoms with van der Waals surface area (Å²) in [6.07, 6.45) is 1.09. The van der Waals surface area contributed by atoms with Gasteiger partial charge in [-0.2, -0.15) is 0 Å². The molecule has 19 heavy (non-hydrogen) atoms.